The highest BCUT2D eigenvalue weighted by molar-refractivity contribution is 8.18. The van der Waals surface area contributed by atoms with Crippen molar-refractivity contribution in [3.63, 3.8) is 0 Å². The van der Waals surface area contributed by atoms with Crippen LogP contribution in [-0.4, -0.2) is 199 Å². The Morgan fingerprint density at radius 3 is 1.13 bits per heavy atom. The fourth-order valence-corrected chi connectivity index (χ4v) is 9.67. The van der Waals surface area contributed by atoms with Gasteiger partial charge in [-0.1, -0.05) is 25.7 Å². The lowest BCUT2D eigenvalue weighted by molar-refractivity contribution is -0.145. The van der Waals surface area contributed by atoms with E-state index in [0.29, 0.717) is 81.6 Å². The van der Waals surface area contributed by atoms with E-state index in [1.54, 1.807) is 47.0 Å². The van der Waals surface area contributed by atoms with Gasteiger partial charge in [-0.25, -0.2) is 67.9 Å². The van der Waals surface area contributed by atoms with Crippen LogP contribution >= 0.6 is 47.0 Å². The van der Waals surface area contributed by atoms with Crippen molar-refractivity contribution in [1.82, 2.24) is 0 Å². The van der Waals surface area contributed by atoms with Crippen molar-refractivity contribution >= 4 is 126 Å². The highest BCUT2D eigenvalue weighted by Crippen LogP contribution is 2.36. The second kappa shape index (κ2) is 55.4. The minimum Gasteiger partial charge on any atom is -0.465 e. The largest absolute Gasteiger partial charge is 0.465 e. The number of thioether (sulfide) groups is 4. The summed E-state index contributed by atoms with van der Waals surface area (Å²) in [6, 6.07) is -2.92. The molecule has 0 saturated carbocycles. The molecular formula is C49H71N7O19S4. The zero-order chi connectivity index (χ0) is 59.7. The van der Waals surface area contributed by atoms with Crippen LogP contribution < -0.4 is 0 Å². The zero-order valence-electron chi connectivity index (χ0n) is 45.0. The van der Waals surface area contributed by atoms with Gasteiger partial charge in [0.05, 0.1) is 46.7 Å². The molecule has 79 heavy (non-hydrogen) atoms. The lowest BCUT2D eigenvalue weighted by Crippen LogP contribution is -2.22. The van der Waals surface area contributed by atoms with Crippen LogP contribution in [0.4, 0.5) is 0 Å². The lowest BCUT2D eigenvalue weighted by atomic mass is 10.1. The summed E-state index contributed by atoms with van der Waals surface area (Å²) in [4.78, 5) is 164. The van der Waals surface area contributed by atoms with E-state index in [2.05, 4.69) is 48.8 Å². The minimum atomic E-state index is -0.993. The number of aliphatic hydroxyl groups excluding tert-OH is 1. The second-order valence-corrected chi connectivity index (χ2v) is 23.6. The van der Waals surface area contributed by atoms with Crippen molar-refractivity contribution in [2.45, 2.75) is 137 Å². The number of carbonyl (C=O) groups excluding carboxylic acids is 13. The van der Waals surface area contributed by atoms with Gasteiger partial charge in [0.2, 0.25) is 42.6 Å². The van der Waals surface area contributed by atoms with Crippen LogP contribution in [0.15, 0.2) is 34.9 Å². The molecule has 0 aromatic rings. The summed E-state index contributed by atoms with van der Waals surface area (Å²) in [5, 5.41) is 8.56. The van der Waals surface area contributed by atoms with E-state index in [4.69, 9.17) is 28.8 Å². The number of carbonyl (C=O) groups is 6. The third-order valence-electron chi connectivity index (χ3n) is 9.39. The topological polar surface area (TPSA) is 375 Å². The fraction of sp³-hybridized carbons (Fsp3) is 0.735. The molecule has 0 aliphatic carbocycles. The molecule has 0 aliphatic heterocycles. The second-order valence-electron chi connectivity index (χ2n) is 16.3. The van der Waals surface area contributed by atoms with Crippen LogP contribution in [0, 0.1) is 0 Å². The highest BCUT2D eigenvalue weighted by Gasteiger charge is 2.23. The van der Waals surface area contributed by atoms with Crippen molar-refractivity contribution in [1.29, 1.82) is 0 Å². The van der Waals surface area contributed by atoms with E-state index >= 15 is 0 Å². The molecule has 0 aliphatic rings. The van der Waals surface area contributed by atoms with Crippen molar-refractivity contribution in [2.24, 2.45) is 34.9 Å². The van der Waals surface area contributed by atoms with Crippen LogP contribution in [-0.2, 0) is 86.0 Å². The Morgan fingerprint density at radius 1 is 0.443 bits per heavy atom. The average molecular weight is 1190 g/mol. The van der Waals surface area contributed by atoms with Gasteiger partial charge in [-0.3, -0.25) is 9.59 Å². The third-order valence-corrected chi connectivity index (χ3v) is 15.0. The number of aldehydes is 1. The summed E-state index contributed by atoms with van der Waals surface area (Å²) in [6.07, 6.45) is 16.0. The number of nitrogens with zero attached hydrogens (tertiary/aromatic N) is 7. The number of aliphatic hydroxyl groups is 1. The Balaban J connectivity index is -0.00000156. The normalized spacial score (nSPS) is 11.3. The van der Waals surface area contributed by atoms with Crippen LogP contribution in [0.3, 0.4) is 0 Å². The molecule has 0 aromatic heterocycles. The molecule has 0 fully saturated rings. The number of ether oxygens (including phenoxy) is 5. The molecule has 440 valence electrons. The first-order chi connectivity index (χ1) is 38.0. The van der Waals surface area contributed by atoms with Crippen molar-refractivity contribution in [3.05, 3.63) is 0 Å². The first-order valence-corrected chi connectivity index (χ1v) is 28.7. The quantitative estimate of drug-likeness (QED) is 0.0163. The van der Waals surface area contributed by atoms with Gasteiger partial charge < -0.3 is 33.6 Å². The number of hydrogen-bond donors (Lipinski definition) is 1. The van der Waals surface area contributed by atoms with Crippen molar-refractivity contribution in [3.8, 4) is 0 Å². The molecule has 0 amide bonds. The molecular weight excluding hydrogens is 1120 g/mol. The van der Waals surface area contributed by atoms with E-state index in [-0.39, 0.29) is 105 Å². The molecule has 0 aromatic carbocycles. The number of esters is 5. The number of isocyanates is 7. The van der Waals surface area contributed by atoms with E-state index in [1.807, 2.05) is 13.8 Å². The van der Waals surface area contributed by atoms with Crippen molar-refractivity contribution < 1.29 is 91.1 Å². The first-order valence-electron chi connectivity index (χ1n) is 24.7. The molecule has 0 radical (unpaired) electrons. The van der Waals surface area contributed by atoms with Gasteiger partial charge in [-0.05, 0) is 72.6 Å². The predicted molar refractivity (Wildman–Crippen MR) is 294 cm³/mol. The van der Waals surface area contributed by atoms with Gasteiger partial charge in [-0.15, -0.1) is 47.0 Å². The Morgan fingerprint density at radius 2 is 0.785 bits per heavy atom. The Labute approximate surface area is 475 Å². The summed E-state index contributed by atoms with van der Waals surface area (Å²) in [6.45, 7) is 8.84. The maximum atomic E-state index is 12.1. The van der Waals surface area contributed by atoms with E-state index < -0.39 is 36.0 Å². The number of rotatable bonds is 46. The SMILES string of the molecule is CC(C)(SCC=O)SCCO.CC(C)(SCCOC(=O)CCCCCC(N=C=O)C(=O)OCCN=C=O)SCCOC(=O)CCCCCC(N=C=O)C(=O)OCCN=C=O.O=C=NCCCCC(N=C=O)C(=O)OCCN=C=O. The average Bonchev–Trinajstić information content (AvgIpc) is 3.42. The summed E-state index contributed by atoms with van der Waals surface area (Å²) in [7, 11) is 0. The van der Waals surface area contributed by atoms with E-state index in [0.717, 1.165) is 12.0 Å². The van der Waals surface area contributed by atoms with Gasteiger partial charge in [0.15, 0.2) is 18.1 Å². The molecule has 0 heterocycles. The summed E-state index contributed by atoms with van der Waals surface area (Å²) in [5.41, 5.74) is 0. The minimum absolute atomic E-state index is 0.0147. The van der Waals surface area contributed by atoms with Crippen LogP contribution in [0.1, 0.15) is 111 Å². The zero-order valence-corrected chi connectivity index (χ0v) is 48.2. The molecule has 30 heteroatoms. The maximum Gasteiger partial charge on any atom is 0.331 e. The highest BCUT2D eigenvalue weighted by atomic mass is 32.2. The lowest BCUT2D eigenvalue weighted by Gasteiger charge is -2.23. The van der Waals surface area contributed by atoms with Gasteiger partial charge in [0.25, 0.3) is 0 Å². The van der Waals surface area contributed by atoms with Gasteiger partial charge in [0, 0.05) is 30.1 Å². The molecule has 1 N–H and O–H groups in total. The molecule has 3 atom stereocenters. The van der Waals surface area contributed by atoms with E-state index in [9.17, 15) is 62.3 Å². The summed E-state index contributed by atoms with van der Waals surface area (Å²) in [5.74, 6) is -0.299. The third kappa shape index (κ3) is 52.5. The standard InChI is InChI=1S/C31H44N4O12S2.C11H13N3O5.C7H14O2S2/c1-31(2,48-19-17-44-27(40)11-7-3-5-9-25(34-23-38)29(42)46-15-13-32-21-36)49-20-18-45-28(41)12-8-4-6-10-26(35-24-39)30(43)47-16-14-33-22-37;15-7-12-4-2-1-3-10(14-9-17)11(18)19-6-5-13-8-16;1-7(2,10-5-3-8)11-6-4-9/h25-26H,3-20H2,1-2H3;10H,1-6H2;3,9H,4-6H2,1-2H3. The number of aliphatic imine (C=N–C) groups is 7. The molecule has 0 spiro atoms. The number of unbranched alkanes of at least 4 members (excludes halogenated alkanes) is 5. The molecule has 0 bridgehead atoms. The van der Waals surface area contributed by atoms with E-state index in [1.165, 1.54) is 42.6 Å². The first kappa shape index (κ1) is 77.3. The molecule has 3 unspecified atom stereocenters. The monoisotopic (exact) mass is 1190 g/mol. The number of hydrogen-bond acceptors (Lipinski definition) is 30. The Hall–Kier alpha value is -5.96. The maximum absolute atomic E-state index is 12.1. The van der Waals surface area contributed by atoms with Crippen LogP contribution in [0.2, 0.25) is 0 Å². The Bertz CT molecular complexity index is 2020. The van der Waals surface area contributed by atoms with Crippen LogP contribution in [0.5, 0.6) is 0 Å². The summed E-state index contributed by atoms with van der Waals surface area (Å²) >= 11 is 6.50. The fourth-order valence-electron chi connectivity index (χ4n) is 5.68. The smallest absolute Gasteiger partial charge is 0.331 e. The molecule has 26 nitrogen and oxygen atoms in total. The molecule has 0 rings (SSSR count). The van der Waals surface area contributed by atoms with Gasteiger partial charge >= 0.3 is 29.8 Å². The van der Waals surface area contributed by atoms with Crippen LogP contribution in [0.25, 0.3) is 0 Å². The predicted octanol–water partition coefficient (Wildman–Crippen LogP) is 4.80. The summed E-state index contributed by atoms with van der Waals surface area (Å²) < 4.78 is 25.0. The van der Waals surface area contributed by atoms with Crippen molar-refractivity contribution in [2.75, 3.05) is 88.8 Å². The van der Waals surface area contributed by atoms with Gasteiger partial charge in [-0.2, -0.15) is 15.0 Å². The molecule has 0 saturated heterocycles. The Kier molecular flexibility index (Phi) is 54.1. The van der Waals surface area contributed by atoms with Gasteiger partial charge in [0.1, 0.15) is 39.3 Å².